The third kappa shape index (κ3) is 3.53. The molecule has 6 heteroatoms. The van der Waals surface area contributed by atoms with Crippen LogP contribution in [0.4, 0.5) is 4.79 Å². The van der Waals surface area contributed by atoms with E-state index < -0.39 is 6.10 Å². The highest BCUT2D eigenvalue weighted by molar-refractivity contribution is 5.82. The maximum Gasteiger partial charge on any atom is 0.317 e. The second-order valence-corrected chi connectivity index (χ2v) is 6.23. The first-order chi connectivity index (χ1) is 11.7. The van der Waals surface area contributed by atoms with Crippen molar-refractivity contribution in [3.63, 3.8) is 0 Å². The zero-order valence-electron chi connectivity index (χ0n) is 14.1. The van der Waals surface area contributed by atoms with E-state index in [9.17, 15) is 9.59 Å². The van der Waals surface area contributed by atoms with Gasteiger partial charge < -0.3 is 19.9 Å². The topological polar surface area (TPSA) is 61.9 Å². The van der Waals surface area contributed by atoms with Gasteiger partial charge in [-0.2, -0.15) is 0 Å². The van der Waals surface area contributed by atoms with Crippen molar-refractivity contribution in [2.24, 2.45) is 0 Å². The molecule has 2 aliphatic heterocycles. The van der Waals surface area contributed by atoms with Crippen molar-refractivity contribution in [1.82, 2.24) is 15.1 Å². The maximum absolute atomic E-state index is 12.9. The lowest BCUT2D eigenvalue weighted by molar-refractivity contribution is -0.145. The highest BCUT2D eigenvalue weighted by atomic mass is 16.5. The largest absolute Gasteiger partial charge is 0.364 e. The number of nitrogens with one attached hydrogen (secondary N) is 1. The fraction of sp³-hybridized carbons (Fsp3) is 0.556. The Morgan fingerprint density at radius 1 is 1.25 bits per heavy atom. The van der Waals surface area contributed by atoms with Gasteiger partial charge in [0.1, 0.15) is 0 Å². The Labute approximate surface area is 142 Å². The summed E-state index contributed by atoms with van der Waals surface area (Å²) < 4.78 is 5.72. The van der Waals surface area contributed by atoms with E-state index in [1.54, 1.807) is 0 Å². The van der Waals surface area contributed by atoms with E-state index in [1.807, 2.05) is 47.1 Å². The molecular weight excluding hydrogens is 306 g/mol. The van der Waals surface area contributed by atoms with E-state index in [1.165, 1.54) is 0 Å². The minimum Gasteiger partial charge on any atom is -0.364 e. The summed E-state index contributed by atoms with van der Waals surface area (Å²) in [6, 6.07) is 9.90. The molecule has 0 bridgehead atoms. The lowest BCUT2D eigenvalue weighted by Gasteiger charge is -2.37. The van der Waals surface area contributed by atoms with E-state index in [2.05, 4.69) is 5.32 Å². The first-order valence-electron chi connectivity index (χ1n) is 8.70. The molecule has 3 rings (SSSR count). The van der Waals surface area contributed by atoms with Crippen molar-refractivity contribution in [1.29, 1.82) is 0 Å². The number of urea groups is 1. The number of hydrogen-bond donors (Lipinski definition) is 1. The number of piperidine rings is 1. The zero-order valence-corrected chi connectivity index (χ0v) is 14.1. The fourth-order valence-corrected chi connectivity index (χ4v) is 3.50. The lowest BCUT2D eigenvalue weighted by atomic mass is 10.0. The molecule has 2 aliphatic rings. The Kier molecular flexibility index (Phi) is 5.35. The SMILES string of the molecule is CCOC(C(=O)N1CCC(N2CCNC2=O)CC1)c1ccccc1. The van der Waals surface area contributed by atoms with E-state index >= 15 is 0 Å². The molecule has 1 aromatic carbocycles. The third-order valence-corrected chi connectivity index (χ3v) is 4.77. The van der Waals surface area contributed by atoms with Gasteiger partial charge in [-0.1, -0.05) is 30.3 Å². The van der Waals surface area contributed by atoms with Gasteiger partial charge in [-0.05, 0) is 25.3 Å². The number of nitrogens with zero attached hydrogens (tertiary/aromatic N) is 2. The van der Waals surface area contributed by atoms with E-state index in [0.717, 1.165) is 31.5 Å². The molecule has 1 unspecified atom stereocenters. The first kappa shape index (κ1) is 16.8. The van der Waals surface area contributed by atoms with Gasteiger partial charge in [0, 0.05) is 38.8 Å². The number of likely N-dealkylation sites (tertiary alicyclic amines) is 1. The second kappa shape index (κ2) is 7.66. The standard InChI is InChI=1S/C18H25N3O3/c1-2-24-16(14-6-4-3-5-7-14)17(22)20-11-8-15(9-12-20)21-13-10-19-18(21)23/h3-7,15-16H,2,8-13H2,1H3,(H,19,23). The Hall–Kier alpha value is -2.08. The smallest absolute Gasteiger partial charge is 0.317 e. The van der Waals surface area contributed by atoms with Crippen molar-refractivity contribution in [2.45, 2.75) is 31.9 Å². The van der Waals surface area contributed by atoms with Crippen LogP contribution in [0.3, 0.4) is 0 Å². The number of carbonyl (C=O) groups is 2. The van der Waals surface area contributed by atoms with Crippen molar-refractivity contribution in [3.05, 3.63) is 35.9 Å². The van der Waals surface area contributed by atoms with Gasteiger partial charge in [-0.3, -0.25) is 4.79 Å². The van der Waals surface area contributed by atoms with Crippen molar-refractivity contribution < 1.29 is 14.3 Å². The summed E-state index contributed by atoms with van der Waals surface area (Å²) >= 11 is 0. The highest BCUT2D eigenvalue weighted by Gasteiger charge is 2.34. The summed E-state index contributed by atoms with van der Waals surface area (Å²) in [7, 11) is 0. The van der Waals surface area contributed by atoms with Crippen LogP contribution in [-0.4, -0.2) is 60.6 Å². The van der Waals surface area contributed by atoms with Crippen molar-refractivity contribution >= 4 is 11.9 Å². The van der Waals surface area contributed by atoms with Crippen LogP contribution in [0.15, 0.2) is 30.3 Å². The number of hydrogen-bond acceptors (Lipinski definition) is 3. The van der Waals surface area contributed by atoms with E-state index in [4.69, 9.17) is 4.74 Å². The zero-order chi connectivity index (χ0) is 16.9. The molecule has 0 radical (unpaired) electrons. The molecule has 0 spiro atoms. The van der Waals surface area contributed by atoms with E-state index in [0.29, 0.717) is 19.7 Å². The summed E-state index contributed by atoms with van der Waals surface area (Å²) in [5.41, 5.74) is 0.894. The quantitative estimate of drug-likeness (QED) is 0.895. The highest BCUT2D eigenvalue weighted by Crippen LogP contribution is 2.24. The maximum atomic E-state index is 12.9. The number of ether oxygens (including phenoxy) is 1. The summed E-state index contributed by atoms with van der Waals surface area (Å²) in [4.78, 5) is 28.4. The molecule has 6 nitrogen and oxygen atoms in total. The van der Waals surface area contributed by atoms with Crippen LogP contribution in [-0.2, 0) is 9.53 Å². The van der Waals surface area contributed by atoms with Crippen molar-refractivity contribution in [2.75, 3.05) is 32.8 Å². The molecule has 1 atom stereocenters. The van der Waals surface area contributed by atoms with Crippen LogP contribution < -0.4 is 5.32 Å². The monoisotopic (exact) mass is 331 g/mol. The van der Waals surface area contributed by atoms with Gasteiger partial charge in [0.15, 0.2) is 6.10 Å². The van der Waals surface area contributed by atoms with Gasteiger partial charge in [0.05, 0.1) is 0 Å². The predicted octanol–water partition coefficient (Wildman–Crippen LogP) is 1.78. The first-order valence-corrected chi connectivity index (χ1v) is 8.70. The number of amides is 3. The van der Waals surface area contributed by atoms with Gasteiger partial charge in [0.25, 0.3) is 5.91 Å². The van der Waals surface area contributed by atoms with Gasteiger partial charge in [-0.25, -0.2) is 4.79 Å². The van der Waals surface area contributed by atoms with Crippen LogP contribution in [0.5, 0.6) is 0 Å². The van der Waals surface area contributed by atoms with Crippen molar-refractivity contribution in [3.8, 4) is 0 Å². The normalized spacial score (nSPS) is 20.1. The molecular formula is C18H25N3O3. The van der Waals surface area contributed by atoms with Crippen LogP contribution in [0, 0.1) is 0 Å². The van der Waals surface area contributed by atoms with Crippen LogP contribution in [0.25, 0.3) is 0 Å². The Morgan fingerprint density at radius 3 is 2.54 bits per heavy atom. The summed E-state index contributed by atoms with van der Waals surface area (Å²) in [6.45, 7) is 5.23. The molecule has 2 saturated heterocycles. The van der Waals surface area contributed by atoms with Crippen LogP contribution in [0.1, 0.15) is 31.4 Å². The number of carbonyl (C=O) groups excluding carboxylic acids is 2. The van der Waals surface area contributed by atoms with Gasteiger partial charge in [-0.15, -0.1) is 0 Å². The Balaban J connectivity index is 1.62. The summed E-state index contributed by atoms with van der Waals surface area (Å²) in [5, 5.41) is 2.84. The van der Waals surface area contributed by atoms with Crippen LogP contribution >= 0.6 is 0 Å². The molecule has 1 aromatic rings. The third-order valence-electron chi connectivity index (χ3n) is 4.77. The molecule has 1 N–H and O–H groups in total. The second-order valence-electron chi connectivity index (χ2n) is 6.23. The average molecular weight is 331 g/mol. The lowest BCUT2D eigenvalue weighted by Crippen LogP contribution is -2.49. The Bertz CT molecular complexity index is 570. The molecule has 3 amide bonds. The molecule has 2 heterocycles. The summed E-state index contributed by atoms with van der Waals surface area (Å²) in [6.07, 6.45) is 1.11. The van der Waals surface area contributed by atoms with Gasteiger partial charge in [0.2, 0.25) is 0 Å². The fourth-order valence-electron chi connectivity index (χ4n) is 3.50. The van der Waals surface area contributed by atoms with E-state index in [-0.39, 0.29) is 18.0 Å². The van der Waals surface area contributed by atoms with Gasteiger partial charge >= 0.3 is 6.03 Å². The average Bonchev–Trinajstić information content (AvgIpc) is 3.06. The molecule has 0 aliphatic carbocycles. The summed E-state index contributed by atoms with van der Waals surface area (Å²) in [5.74, 6) is 0.0207. The molecule has 24 heavy (non-hydrogen) atoms. The predicted molar refractivity (Wildman–Crippen MR) is 90.5 cm³/mol. The minimum absolute atomic E-state index is 0.0207. The number of rotatable bonds is 5. The number of benzene rings is 1. The molecule has 0 aromatic heterocycles. The van der Waals surface area contributed by atoms with Crippen LogP contribution in [0.2, 0.25) is 0 Å². The molecule has 0 saturated carbocycles. The molecule has 2 fully saturated rings. The Morgan fingerprint density at radius 2 is 1.96 bits per heavy atom. The minimum atomic E-state index is -0.539. The molecule has 130 valence electrons.